The van der Waals surface area contributed by atoms with Crippen LogP contribution in [0.5, 0.6) is 5.75 Å². The van der Waals surface area contributed by atoms with Crippen LogP contribution in [0.4, 0.5) is 0 Å². The Hall–Kier alpha value is -1.82. The van der Waals surface area contributed by atoms with Crippen LogP contribution in [0, 0.1) is 5.21 Å². The molecule has 1 fully saturated rings. The van der Waals surface area contributed by atoms with Gasteiger partial charge in [0, 0.05) is 31.6 Å². The maximum atomic E-state index is 12.2. The molecule has 1 aliphatic heterocycles. The predicted molar refractivity (Wildman–Crippen MR) is 76.9 cm³/mol. The lowest BCUT2D eigenvalue weighted by Gasteiger charge is -2.13. The van der Waals surface area contributed by atoms with Crippen LogP contribution < -0.4 is 9.47 Å². The van der Waals surface area contributed by atoms with Gasteiger partial charge in [-0.3, -0.25) is 4.79 Å². The maximum absolute atomic E-state index is 12.2. The number of fused-ring (bicyclic) bond motifs is 1. The number of ether oxygens (including phenoxy) is 1. The molecule has 2 aromatic rings. The Bertz CT molecular complexity index is 653. The minimum atomic E-state index is 0.199. The molecule has 2 heterocycles. The number of nitrogens with zero attached hydrogens (tertiary/aromatic N) is 2. The zero-order valence-corrected chi connectivity index (χ0v) is 12.1. The summed E-state index contributed by atoms with van der Waals surface area (Å²) in [6.45, 7) is 1.45. The van der Waals surface area contributed by atoms with Crippen LogP contribution in [0.25, 0.3) is 10.2 Å². The van der Waals surface area contributed by atoms with Crippen LogP contribution >= 0.6 is 11.3 Å². The average molecular weight is 292 g/mol. The average Bonchev–Trinajstić information content (AvgIpc) is 3.00. The van der Waals surface area contributed by atoms with E-state index in [0.29, 0.717) is 24.9 Å². The molecule has 0 N–H and O–H groups in total. The van der Waals surface area contributed by atoms with Gasteiger partial charge in [-0.15, -0.1) is 0 Å². The molecule has 1 amide bonds. The summed E-state index contributed by atoms with van der Waals surface area (Å²) < 4.78 is 7.06. The number of amides is 1. The molecule has 20 heavy (non-hydrogen) atoms. The highest BCUT2D eigenvalue weighted by Crippen LogP contribution is 2.25. The van der Waals surface area contributed by atoms with Crippen molar-refractivity contribution in [3.8, 4) is 5.75 Å². The lowest BCUT2D eigenvalue weighted by molar-refractivity contribution is -0.580. The molecule has 3 rings (SSSR count). The Morgan fingerprint density at radius 1 is 1.50 bits per heavy atom. The molecule has 0 unspecified atom stereocenters. The first kappa shape index (κ1) is 13.2. The van der Waals surface area contributed by atoms with Crippen molar-refractivity contribution in [3.05, 3.63) is 28.4 Å². The third-order valence-corrected chi connectivity index (χ3v) is 4.76. The Balaban J connectivity index is 1.80. The Morgan fingerprint density at radius 3 is 3.05 bits per heavy atom. The quantitative estimate of drug-likeness (QED) is 0.637. The zero-order chi connectivity index (χ0) is 14.1. The van der Waals surface area contributed by atoms with Crippen molar-refractivity contribution >= 4 is 27.5 Å². The van der Waals surface area contributed by atoms with Crippen molar-refractivity contribution in [3.63, 3.8) is 0 Å². The van der Waals surface area contributed by atoms with Crippen LogP contribution in [0.15, 0.2) is 18.2 Å². The van der Waals surface area contributed by atoms with Crippen LogP contribution in [0.3, 0.4) is 0 Å². The molecule has 106 valence electrons. The van der Waals surface area contributed by atoms with E-state index in [1.54, 1.807) is 19.2 Å². The summed E-state index contributed by atoms with van der Waals surface area (Å²) in [4.78, 5) is 13.4. The molecule has 5 nitrogen and oxygen atoms in total. The molecular weight excluding hydrogens is 276 g/mol. The van der Waals surface area contributed by atoms with E-state index in [9.17, 15) is 10.0 Å². The lowest BCUT2D eigenvalue weighted by Crippen LogP contribution is -2.33. The first-order chi connectivity index (χ1) is 9.69. The van der Waals surface area contributed by atoms with Crippen molar-refractivity contribution in [2.75, 3.05) is 20.2 Å². The number of carbonyl (C=O) groups excluding carboxylic acids is 1. The first-order valence-corrected chi connectivity index (χ1v) is 7.47. The van der Waals surface area contributed by atoms with Crippen molar-refractivity contribution < 1.29 is 14.3 Å². The fourth-order valence-electron chi connectivity index (χ4n) is 2.50. The molecule has 0 radical (unpaired) electrons. The Labute approximate surface area is 121 Å². The van der Waals surface area contributed by atoms with E-state index >= 15 is 0 Å². The van der Waals surface area contributed by atoms with E-state index in [2.05, 4.69) is 0 Å². The van der Waals surface area contributed by atoms with Gasteiger partial charge < -0.3 is 14.8 Å². The summed E-state index contributed by atoms with van der Waals surface area (Å²) in [5.41, 5.74) is 0.665. The number of carbonyl (C=O) groups is 1. The van der Waals surface area contributed by atoms with Gasteiger partial charge in [-0.1, -0.05) is 11.3 Å². The van der Waals surface area contributed by atoms with Gasteiger partial charge >= 0.3 is 0 Å². The summed E-state index contributed by atoms with van der Waals surface area (Å²) in [5, 5.41) is 12.9. The highest BCUT2D eigenvalue weighted by Gasteiger charge is 2.22. The number of benzene rings is 1. The zero-order valence-electron chi connectivity index (χ0n) is 11.3. The normalized spacial score (nSPS) is 15.2. The minimum Gasteiger partial charge on any atom is -0.617 e. The number of hydrogen-bond donors (Lipinski definition) is 0. The van der Waals surface area contributed by atoms with Gasteiger partial charge in [-0.25, -0.2) is 0 Å². The molecule has 6 heteroatoms. The molecule has 1 saturated heterocycles. The van der Waals surface area contributed by atoms with E-state index in [1.165, 1.54) is 11.3 Å². The van der Waals surface area contributed by atoms with Crippen molar-refractivity contribution in [1.82, 2.24) is 4.90 Å². The number of likely N-dealkylation sites (tertiary alicyclic amines) is 1. The summed E-state index contributed by atoms with van der Waals surface area (Å²) >= 11 is 1.47. The summed E-state index contributed by atoms with van der Waals surface area (Å²) in [7, 11) is 1.61. The number of thiazole rings is 1. The van der Waals surface area contributed by atoms with E-state index in [1.807, 2.05) is 11.0 Å². The fourth-order valence-corrected chi connectivity index (χ4v) is 3.56. The van der Waals surface area contributed by atoms with Gasteiger partial charge in [-0.05, 0) is 12.5 Å². The molecule has 0 bridgehead atoms. The highest BCUT2D eigenvalue weighted by atomic mass is 32.1. The van der Waals surface area contributed by atoms with E-state index < -0.39 is 0 Å². The van der Waals surface area contributed by atoms with Crippen molar-refractivity contribution in [2.45, 2.75) is 19.3 Å². The number of hydrogen-bond acceptors (Lipinski definition) is 4. The largest absolute Gasteiger partial charge is 0.617 e. The second-order valence-electron chi connectivity index (χ2n) is 4.86. The number of rotatable bonds is 4. The third-order valence-electron chi connectivity index (χ3n) is 3.61. The Kier molecular flexibility index (Phi) is 3.48. The van der Waals surface area contributed by atoms with Crippen molar-refractivity contribution in [1.29, 1.82) is 0 Å². The van der Waals surface area contributed by atoms with Gasteiger partial charge in [-0.2, -0.15) is 4.73 Å². The van der Waals surface area contributed by atoms with Gasteiger partial charge in [0.05, 0.1) is 13.5 Å². The van der Waals surface area contributed by atoms with E-state index in [0.717, 1.165) is 33.2 Å². The topological polar surface area (TPSA) is 56.5 Å². The lowest BCUT2D eigenvalue weighted by atomic mass is 10.3. The number of aromatic nitrogens is 1. The van der Waals surface area contributed by atoms with Gasteiger partial charge in [0.1, 0.15) is 10.4 Å². The molecule has 0 saturated carbocycles. The van der Waals surface area contributed by atoms with Crippen LogP contribution in [-0.4, -0.2) is 31.0 Å². The summed E-state index contributed by atoms with van der Waals surface area (Å²) in [6.07, 6.45) is 2.18. The van der Waals surface area contributed by atoms with Crippen LogP contribution in [0.2, 0.25) is 0 Å². The molecule has 0 aliphatic carbocycles. The molecule has 1 aromatic heterocycles. The van der Waals surface area contributed by atoms with Crippen LogP contribution in [-0.2, 0) is 11.2 Å². The van der Waals surface area contributed by atoms with Crippen LogP contribution in [0.1, 0.15) is 17.8 Å². The monoisotopic (exact) mass is 292 g/mol. The Morgan fingerprint density at radius 2 is 2.35 bits per heavy atom. The SMILES string of the molecule is COc1ccc2c(c1)sc(CCN1CCCC1=O)[n+]2[O-]. The predicted octanol–water partition coefficient (Wildman–Crippen LogP) is 1.71. The molecule has 1 aromatic carbocycles. The van der Waals surface area contributed by atoms with Gasteiger partial charge in [0.15, 0.2) is 0 Å². The van der Waals surface area contributed by atoms with Gasteiger partial charge in [0.2, 0.25) is 11.4 Å². The second-order valence-corrected chi connectivity index (χ2v) is 5.97. The third kappa shape index (κ3) is 2.31. The smallest absolute Gasteiger partial charge is 0.251 e. The molecule has 0 atom stereocenters. The first-order valence-electron chi connectivity index (χ1n) is 6.66. The van der Waals surface area contributed by atoms with Crippen molar-refractivity contribution in [2.24, 2.45) is 0 Å². The molecule has 1 aliphatic rings. The van der Waals surface area contributed by atoms with E-state index in [4.69, 9.17) is 4.74 Å². The number of methoxy groups -OCH3 is 1. The summed E-state index contributed by atoms with van der Waals surface area (Å²) in [5.74, 6) is 0.950. The standard InChI is InChI=1S/C14H16N2O3S/c1-19-10-4-5-11-12(9-10)20-14(16(11)18)6-8-15-7-2-3-13(15)17/h4-5,9H,2-3,6-8H2,1H3. The molecular formula is C14H16N2O3S. The summed E-state index contributed by atoms with van der Waals surface area (Å²) in [6, 6.07) is 5.44. The maximum Gasteiger partial charge on any atom is 0.251 e. The molecule has 0 spiro atoms. The second kappa shape index (κ2) is 5.28. The van der Waals surface area contributed by atoms with E-state index in [-0.39, 0.29) is 5.91 Å². The highest BCUT2D eigenvalue weighted by molar-refractivity contribution is 7.18. The van der Waals surface area contributed by atoms with Gasteiger partial charge in [0.25, 0.3) is 5.01 Å². The minimum absolute atomic E-state index is 0.199. The fraction of sp³-hybridized carbons (Fsp3) is 0.429.